The van der Waals surface area contributed by atoms with Crippen LogP contribution in [0.15, 0.2) is 78.9 Å². The predicted octanol–water partition coefficient (Wildman–Crippen LogP) is 10.1. The fourth-order valence-electron chi connectivity index (χ4n) is 9.14. The number of benzene rings is 4. The van der Waals surface area contributed by atoms with Crippen LogP contribution in [0.4, 0.5) is 13.2 Å². The highest BCUT2D eigenvalue weighted by molar-refractivity contribution is 6.43. The van der Waals surface area contributed by atoms with Crippen molar-refractivity contribution in [3.63, 3.8) is 0 Å². The second kappa shape index (κ2) is 14.5. The average Bonchev–Trinajstić information content (AvgIpc) is 4.01. The van der Waals surface area contributed by atoms with Gasteiger partial charge in [0.2, 0.25) is 0 Å². The molecular weight excluding hydrogens is 758 g/mol. The zero-order chi connectivity index (χ0) is 38.8. The van der Waals surface area contributed by atoms with Gasteiger partial charge >= 0.3 is 0 Å². The van der Waals surface area contributed by atoms with Gasteiger partial charge in [-0.15, -0.1) is 0 Å². The van der Waals surface area contributed by atoms with Gasteiger partial charge in [0.15, 0.2) is 5.82 Å². The van der Waals surface area contributed by atoms with E-state index in [-0.39, 0.29) is 70.7 Å². The number of pyridine rings is 1. The largest absolute Gasteiger partial charge is 0.371 e. The summed E-state index contributed by atoms with van der Waals surface area (Å²) in [6, 6.07) is 23.7. The van der Waals surface area contributed by atoms with Gasteiger partial charge in [-0.2, -0.15) is 5.26 Å². The Morgan fingerprint density at radius 2 is 1.77 bits per heavy atom. The number of rotatable bonds is 9. The number of hydrogen-bond donors (Lipinski definition) is 1. The standard InChI is InChI=1S/C44H36Cl2F3N5O2/c1-23-29-19-37(36-18-27(56-22-31-33(47)13-6-14-34(31)48)21-53(36)44(55)24-8-3-2-4-9-24)54(42-26-17-35(42)51-20-26)43(29)30-16-25(10-7-15-50)38(40(49)41(30)52-23)28-11-5-12-32(45)39(28)46/h2-6,8-9,11-14,16,19,26-27,35-36,42,51H,7,10,17-18,20-22H2,1H3. The Morgan fingerprint density at radius 1 is 1.00 bits per heavy atom. The maximum atomic E-state index is 17.3. The van der Waals surface area contributed by atoms with Gasteiger partial charge in [0.1, 0.15) is 17.2 Å². The van der Waals surface area contributed by atoms with Crippen molar-refractivity contribution < 1.29 is 22.7 Å². The van der Waals surface area contributed by atoms with E-state index in [1.54, 1.807) is 35.2 Å². The molecule has 2 aromatic heterocycles. The monoisotopic (exact) mass is 793 g/mol. The number of halogens is 5. The van der Waals surface area contributed by atoms with Gasteiger partial charge in [0, 0.05) is 76.4 Å². The molecule has 4 aliphatic rings. The molecule has 7 nitrogen and oxygen atoms in total. The molecule has 5 atom stereocenters. The van der Waals surface area contributed by atoms with E-state index in [0.717, 1.165) is 29.6 Å². The Kier molecular flexibility index (Phi) is 9.53. The summed E-state index contributed by atoms with van der Waals surface area (Å²) in [5.74, 6) is -1.83. The smallest absolute Gasteiger partial charge is 0.254 e. The predicted molar refractivity (Wildman–Crippen MR) is 210 cm³/mol. The van der Waals surface area contributed by atoms with Crippen LogP contribution in [0.2, 0.25) is 10.0 Å². The maximum Gasteiger partial charge on any atom is 0.254 e. The van der Waals surface area contributed by atoms with E-state index in [0.29, 0.717) is 40.1 Å². The van der Waals surface area contributed by atoms with Crippen LogP contribution >= 0.6 is 23.2 Å². The number of hydrogen-bond acceptors (Lipinski definition) is 5. The molecule has 3 aliphatic heterocycles. The molecule has 0 spiro atoms. The number of nitrogens with one attached hydrogen (secondary N) is 1. The number of ether oxygens (including phenoxy) is 1. The van der Waals surface area contributed by atoms with Crippen LogP contribution in [-0.4, -0.2) is 45.6 Å². The lowest BCUT2D eigenvalue weighted by atomic mass is 9.79. The molecule has 4 aromatic carbocycles. The Bertz CT molecular complexity index is 2560. The topological polar surface area (TPSA) is 83.2 Å². The molecule has 10 rings (SSSR count). The minimum absolute atomic E-state index is 0.0151. The normalized spacial score (nSPS) is 21.5. The molecule has 56 heavy (non-hydrogen) atoms. The molecule has 2 bridgehead atoms. The molecule has 6 aromatic rings. The number of nitrogens with zero attached hydrogens (tertiary/aromatic N) is 4. The SMILES string of the molecule is Cc1nc2c(F)c(-c3cccc(Cl)c3Cl)c(CCC#N)cc2c2c1cc(C1CC(OCc3c(F)cccc3F)CN1C(=O)c1ccccc1)n2C1C2CNC1C2. The number of carbonyl (C=O) groups excluding carboxylic acids is 1. The van der Waals surface area contributed by atoms with Gasteiger partial charge in [-0.25, -0.2) is 18.2 Å². The highest BCUT2D eigenvalue weighted by atomic mass is 35.5. The zero-order valence-electron chi connectivity index (χ0n) is 30.3. The number of aryl methyl sites for hydroxylation is 2. The van der Waals surface area contributed by atoms with E-state index in [1.807, 2.05) is 31.2 Å². The van der Waals surface area contributed by atoms with E-state index in [2.05, 4.69) is 22.0 Å². The van der Waals surface area contributed by atoms with Gasteiger partial charge in [-0.3, -0.25) is 4.79 Å². The van der Waals surface area contributed by atoms with E-state index < -0.39 is 29.6 Å². The Hall–Kier alpha value is -4.92. The summed E-state index contributed by atoms with van der Waals surface area (Å²) in [6.45, 7) is 2.59. The van der Waals surface area contributed by atoms with Crippen molar-refractivity contribution in [2.75, 3.05) is 13.1 Å². The Balaban J connectivity index is 1.24. The molecular formula is C44H36Cl2F3N5O2. The summed E-state index contributed by atoms with van der Waals surface area (Å²) in [5, 5.41) is 15.2. The number of carbonyl (C=O) groups is 1. The molecule has 1 amide bonds. The van der Waals surface area contributed by atoms with E-state index >= 15 is 4.39 Å². The summed E-state index contributed by atoms with van der Waals surface area (Å²) in [5.41, 5.74) is 4.07. The summed E-state index contributed by atoms with van der Waals surface area (Å²) in [6.07, 6.45) is 1.24. The lowest BCUT2D eigenvalue weighted by Crippen LogP contribution is -2.41. The summed E-state index contributed by atoms with van der Waals surface area (Å²) >= 11 is 13.1. The highest BCUT2D eigenvalue weighted by Gasteiger charge is 2.50. The fraction of sp³-hybridized carbons (Fsp3) is 0.295. The summed E-state index contributed by atoms with van der Waals surface area (Å²) in [4.78, 5) is 21.1. The molecule has 0 radical (unpaired) electrons. The van der Waals surface area contributed by atoms with Crippen molar-refractivity contribution in [3.05, 3.63) is 134 Å². The van der Waals surface area contributed by atoms with Crippen molar-refractivity contribution in [3.8, 4) is 17.2 Å². The van der Waals surface area contributed by atoms with E-state index in [4.69, 9.17) is 32.9 Å². The van der Waals surface area contributed by atoms with E-state index in [1.165, 1.54) is 18.2 Å². The molecule has 12 heteroatoms. The number of nitriles is 1. The fourth-order valence-corrected chi connectivity index (χ4v) is 9.53. The number of aromatic nitrogens is 2. The van der Waals surface area contributed by atoms with Crippen molar-refractivity contribution in [1.82, 2.24) is 19.8 Å². The quantitative estimate of drug-likeness (QED) is 0.158. The van der Waals surface area contributed by atoms with Crippen molar-refractivity contribution >= 4 is 50.9 Å². The minimum atomic E-state index is -0.693. The molecule has 284 valence electrons. The van der Waals surface area contributed by atoms with Crippen LogP contribution in [0, 0.1) is 41.6 Å². The van der Waals surface area contributed by atoms with Crippen LogP contribution in [0.5, 0.6) is 0 Å². The minimum Gasteiger partial charge on any atom is -0.371 e. The Morgan fingerprint density at radius 3 is 2.48 bits per heavy atom. The molecule has 5 unspecified atom stereocenters. The molecule has 4 fully saturated rings. The van der Waals surface area contributed by atoms with Crippen molar-refractivity contribution in [2.45, 2.75) is 63.4 Å². The van der Waals surface area contributed by atoms with Gasteiger partial charge < -0.3 is 19.5 Å². The summed E-state index contributed by atoms with van der Waals surface area (Å²) < 4.78 is 55.1. The first-order valence-electron chi connectivity index (χ1n) is 18.8. The van der Waals surface area contributed by atoms with Gasteiger partial charge in [-0.1, -0.05) is 59.6 Å². The molecule has 1 aliphatic carbocycles. The maximum absolute atomic E-state index is 17.3. The second-order valence-corrected chi connectivity index (χ2v) is 15.8. The first kappa shape index (κ1) is 36.7. The van der Waals surface area contributed by atoms with Crippen molar-refractivity contribution in [1.29, 1.82) is 5.26 Å². The average molecular weight is 795 g/mol. The van der Waals surface area contributed by atoms with Gasteiger partial charge in [0.25, 0.3) is 5.91 Å². The van der Waals surface area contributed by atoms with E-state index in [9.17, 15) is 18.8 Å². The second-order valence-electron chi connectivity index (χ2n) is 15.0. The Labute approximate surface area is 331 Å². The summed E-state index contributed by atoms with van der Waals surface area (Å²) in [7, 11) is 0. The zero-order valence-corrected chi connectivity index (χ0v) is 31.8. The van der Waals surface area contributed by atoms with Gasteiger partial charge in [0.05, 0.1) is 46.4 Å². The van der Waals surface area contributed by atoms with Gasteiger partial charge in [-0.05, 0) is 73.7 Å². The lowest BCUT2D eigenvalue weighted by molar-refractivity contribution is 0.0410. The molecule has 1 saturated carbocycles. The number of likely N-dealkylation sites (tertiary alicyclic amines) is 1. The first-order valence-corrected chi connectivity index (χ1v) is 19.5. The highest BCUT2D eigenvalue weighted by Crippen LogP contribution is 2.51. The number of fused-ring (bicyclic) bond motifs is 4. The molecule has 5 heterocycles. The third kappa shape index (κ3) is 6.04. The number of amides is 1. The molecule has 3 saturated heterocycles. The van der Waals surface area contributed by atoms with Crippen LogP contribution < -0.4 is 5.32 Å². The van der Waals surface area contributed by atoms with Crippen LogP contribution in [-0.2, 0) is 17.8 Å². The van der Waals surface area contributed by atoms with Crippen LogP contribution in [0.1, 0.15) is 64.2 Å². The first-order chi connectivity index (χ1) is 27.1. The third-order valence-corrected chi connectivity index (χ3v) is 12.7. The lowest BCUT2D eigenvalue weighted by Gasteiger charge is -2.39. The molecule has 1 N–H and O–H groups in total. The van der Waals surface area contributed by atoms with Crippen LogP contribution in [0.25, 0.3) is 32.9 Å². The van der Waals surface area contributed by atoms with Crippen molar-refractivity contribution in [2.24, 2.45) is 5.92 Å². The van der Waals surface area contributed by atoms with Crippen LogP contribution in [0.3, 0.4) is 0 Å². The third-order valence-electron chi connectivity index (χ3n) is 11.8.